The summed E-state index contributed by atoms with van der Waals surface area (Å²) >= 11 is 0. The van der Waals surface area contributed by atoms with Crippen LogP contribution in [0.15, 0.2) is 4.99 Å². The van der Waals surface area contributed by atoms with Crippen molar-refractivity contribution < 1.29 is 4.79 Å². The van der Waals surface area contributed by atoms with E-state index in [2.05, 4.69) is 36.1 Å². The Kier molecular flexibility index (Phi) is 9.33. The van der Waals surface area contributed by atoms with Crippen molar-refractivity contribution in [1.82, 2.24) is 15.1 Å². The number of guanidine groups is 1. The molecule has 2 atom stereocenters. The average Bonchev–Trinajstić information content (AvgIpc) is 3.30. The van der Waals surface area contributed by atoms with Gasteiger partial charge in [-0.25, -0.2) is 0 Å². The van der Waals surface area contributed by atoms with Gasteiger partial charge in [0, 0.05) is 32.1 Å². The number of nitrogens with two attached hydrogens (primary N) is 1. The molecule has 2 unspecified atom stereocenters. The number of carbonyl (C=O) groups excluding carboxylic acids is 1. The van der Waals surface area contributed by atoms with Crippen LogP contribution < -0.4 is 11.1 Å². The van der Waals surface area contributed by atoms with E-state index in [1.54, 1.807) is 0 Å². The van der Waals surface area contributed by atoms with Gasteiger partial charge in [0.1, 0.15) is 0 Å². The molecule has 1 aliphatic heterocycles. The molecule has 2 aliphatic rings. The molecule has 7 heteroatoms. The summed E-state index contributed by atoms with van der Waals surface area (Å²) < 4.78 is 0. The maximum Gasteiger partial charge on any atom is 0.217 e. The number of hydrogen-bond donors (Lipinski definition) is 2. The number of hydrogen-bond acceptors (Lipinski definition) is 3. The van der Waals surface area contributed by atoms with E-state index in [0.717, 1.165) is 50.9 Å². The predicted molar refractivity (Wildman–Crippen MR) is 110 cm³/mol. The van der Waals surface area contributed by atoms with Gasteiger partial charge in [0.25, 0.3) is 0 Å². The minimum Gasteiger partial charge on any atom is -0.370 e. The third-order valence-corrected chi connectivity index (χ3v) is 4.90. The normalized spacial score (nSPS) is 22.9. The van der Waals surface area contributed by atoms with Crippen LogP contribution in [0.4, 0.5) is 0 Å². The van der Waals surface area contributed by atoms with Crippen LogP contribution in [0, 0.1) is 11.8 Å². The standard InChI is InChI=1S/C17H33N5O.HI/c1-4-19-17(20-11-15(21(2)3)14-7-8-14)22-9-5-6-13(12-22)10-16(18)23;/h13-15H,4-12H2,1-3H3,(H2,18,23)(H,19,20);1H. The maximum absolute atomic E-state index is 11.2. The first-order chi connectivity index (χ1) is 11.0. The van der Waals surface area contributed by atoms with Gasteiger partial charge in [-0.1, -0.05) is 0 Å². The van der Waals surface area contributed by atoms with Crippen molar-refractivity contribution >= 4 is 35.8 Å². The number of halogens is 1. The number of nitrogens with zero attached hydrogens (tertiary/aromatic N) is 3. The van der Waals surface area contributed by atoms with Crippen LogP contribution in [0.2, 0.25) is 0 Å². The highest BCUT2D eigenvalue weighted by Crippen LogP contribution is 2.34. The molecule has 1 aliphatic carbocycles. The highest BCUT2D eigenvalue weighted by atomic mass is 127. The van der Waals surface area contributed by atoms with Crippen molar-refractivity contribution in [3.63, 3.8) is 0 Å². The minimum absolute atomic E-state index is 0. The van der Waals surface area contributed by atoms with Crippen molar-refractivity contribution in [3.05, 3.63) is 0 Å². The zero-order valence-corrected chi connectivity index (χ0v) is 17.7. The van der Waals surface area contributed by atoms with E-state index in [1.165, 1.54) is 12.8 Å². The minimum atomic E-state index is -0.194. The third-order valence-electron chi connectivity index (χ3n) is 4.90. The van der Waals surface area contributed by atoms with E-state index >= 15 is 0 Å². The second-order valence-corrected chi connectivity index (χ2v) is 7.19. The number of piperidine rings is 1. The second kappa shape index (κ2) is 10.4. The lowest BCUT2D eigenvalue weighted by Gasteiger charge is -2.35. The second-order valence-electron chi connectivity index (χ2n) is 7.19. The summed E-state index contributed by atoms with van der Waals surface area (Å²) in [5.41, 5.74) is 5.37. The number of amides is 1. The molecule has 2 fully saturated rings. The summed E-state index contributed by atoms with van der Waals surface area (Å²) in [5.74, 6) is 1.97. The number of likely N-dealkylation sites (tertiary alicyclic amines) is 1. The molecular formula is C17H34IN5O. The summed E-state index contributed by atoms with van der Waals surface area (Å²) in [6.45, 7) is 5.70. The van der Waals surface area contributed by atoms with E-state index in [1.807, 2.05) is 0 Å². The van der Waals surface area contributed by atoms with Gasteiger partial charge in [-0.2, -0.15) is 0 Å². The fourth-order valence-corrected chi connectivity index (χ4v) is 3.53. The molecule has 1 amide bonds. The highest BCUT2D eigenvalue weighted by Gasteiger charge is 2.32. The number of carbonyl (C=O) groups is 1. The molecule has 0 bridgehead atoms. The molecule has 0 aromatic carbocycles. The number of primary amides is 1. The molecule has 140 valence electrons. The molecule has 6 nitrogen and oxygen atoms in total. The van der Waals surface area contributed by atoms with E-state index in [4.69, 9.17) is 10.7 Å². The average molecular weight is 451 g/mol. The number of aliphatic imine (C=N–C) groups is 1. The van der Waals surface area contributed by atoms with E-state index in [0.29, 0.717) is 18.4 Å². The molecule has 24 heavy (non-hydrogen) atoms. The van der Waals surface area contributed by atoms with Gasteiger partial charge in [0.15, 0.2) is 5.96 Å². The molecular weight excluding hydrogens is 417 g/mol. The molecule has 1 heterocycles. The summed E-state index contributed by atoms with van der Waals surface area (Å²) in [7, 11) is 4.30. The molecule has 1 saturated heterocycles. The van der Waals surface area contributed by atoms with E-state index in [9.17, 15) is 4.79 Å². The van der Waals surface area contributed by atoms with Gasteiger partial charge in [0.05, 0.1) is 6.54 Å². The fraction of sp³-hybridized carbons (Fsp3) is 0.882. The Hall–Kier alpha value is -0.570. The van der Waals surface area contributed by atoms with Crippen LogP contribution in [0.1, 0.15) is 39.0 Å². The Morgan fingerprint density at radius 3 is 2.62 bits per heavy atom. The highest BCUT2D eigenvalue weighted by molar-refractivity contribution is 14.0. The van der Waals surface area contributed by atoms with Crippen molar-refractivity contribution in [2.45, 2.75) is 45.1 Å². The zero-order chi connectivity index (χ0) is 16.8. The van der Waals surface area contributed by atoms with Gasteiger partial charge in [0.2, 0.25) is 5.91 Å². The third kappa shape index (κ3) is 6.74. The van der Waals surface area contributed by atoms with Crippen LogP contribution in [0.3, 0.4) is 0 Å². The Morgan fingerprint density at radius 2 is 2.08 bits per heavy atom. The zero-order valence-electron chi connectivity index (χ0n) is 15.3. The molecule has 0 spiro atoms. The van der Waals surface area contributed by atoms with Gasteiger partial charge in [-0.15, -0.1) is 24.0 Å². The van der Waals surface area contributed by atoms with Crippen LogP contribution in [-0.4, -0.2) is 68.0 Å². The van der Waals surface area contributed by atoms with Crippen molar-refractivity contribution in [3.8, 4) is 0 Å². The summed E-state index contributed by atoms with van der Waals surface area (Å²) in [4.78, 5) is 20.7. The van der Waals surface area contributed by atoms with Crippen LogP contribution in [-0.2, 0) is 4.79 Å². The summed E-state index contributed by atoms with van der Waals surface area (Å²) in [5, 5.41) is 3.42. The SMILES string of the molecule is CCNC(=NCC(C1CC1)N(C)C)N1CCCC(CC(N)=O)C1.I. The van der Waals surface area contributed by atoms with Crippen molar-refractivity contribution in [1.29, 1.82) is 0 Å². The fourth-order valence-electron chi connectivity index (χ4n) is 3.53. The number of likely N-dealkylation sites (N-methyl/N-ethyl adjacent to an activating group) is 1. The molecule has 3 N–H and O–H groups in total. The molecule has 0 aromatic rings. The lowest BCUT2D eigenvalue weighted by atomic mass is 9.95. The molecule has 2 rings (SSSR count). The Balaban J connectivity index is 0.00000288. The van der Waals surface area contributed by atoms with Crippen molar-refractivity contribution in [2.24, 2.45) is 22.6 Å². The lowest BCUT2D eigenvalue weighted by Crippen LogP contribution is -2.47. The maximum atomic E-state index is 11.2. The topological polar surface area (TPSA) is 74.0 Å². The van der Waals surface area contributed by atoms with E-state index in [-0.39, 0.29) is 29.9 Å². The van der Waals surface area contributed by atoms with Crippen LogP contribution in [0.25, 0.3) is 0 Å². The summed E-state index contributed by atoms with van der Waals surface area (Å²) in [6.07, 6.45) is 5.33. The first kappa shape index (κ1) is 21.5. The summed E-state index contributed by atoms with van der Waals surface area (Å²) in [6, 6.07) is 0.537. The van der Waals surface area contributed by atoms with Gasteiger partial charge in [-0.3, -0.25) is 9.79 Å². The number of rotatable bonds is 7. The first-order valence-electron chi connectivity index (χ1n) is 8.99. The molecule has 0 aromatic heterocycles. The largest absolute Gasteiger partial charge is 0.370 e. The lowest BCUT2D eigenvalue weighted by molar-refractivity contribution is -0.119. The Morgan fingerprint density at radius 1 is 1.38 bits per heavy atom. The monoisotopic (exact) mass is 451 g/mol. The molecule has 1 saturated carbocycles. The smallest absolute Gasteiger partial charge is 0.217 e. The van der Waals surface area contributed by atoms with Gasteiger partial charge in [-0.05, 0) is 58.5 Å². The predicted octanol–water partition coefficient (Wildman–Crippen LogP) is 1.50. The van der Waals surface area contributed by atoms with E-state index < -0.39 is 0 Å². The Labute approximate surface area is 163 Å². The van der Waals surface area contributed by atoms with Crippen LogP contribution in [0.5, 0.6) is 0 Å². The quantitative estimate of drug-likeness (QED) is 0.350. The van der Waals surface area contributed by atoms with Crippen LogP contribution >= 0.6 is 24.0 Å². The number of nitrogens with one attached hydrogen (secondary N) is 1. The van der Waals surface area contributed by atoms with Gasteiger partial charge >= 0.3 is 0 Å². The van der Waals surface area contributed by atoms with Gasteiger partial charge < -0.3 is 20.9 Å². The molecule has 0 radical (unpaired) electrons. The Bertz CT molecular complexity index is 423. The van der Waals surface area contributed by atoms with Crippen molar-refractivity contribution in [2.75, 3.05) is 40.3 Å². The first-order valence-corrected chi connectivity index (χ1v) is 8.99.